The molecule has 0 atom stereocenters. The monoisotopic (exact) mass is 513 g/mol. The number of aromatic nitrogens is 3. The lowest BCUT2D eigenvalue weighted by Gasteiger charge is -2.15. The number of rotatable bonds is 6. The number of alkyl halides is 9. The second-order valence-electron chi connectivity index (χ2n) is 5.79. The lowest BCUT2D eigenvalue weighted by atomic mass is 10.3. The van der Waals surface area contributed by atoms with E-state index in [1.54, 1.807) is 0 Å². The van der Waals surface area contributed by atoms with Crippen molar-refractivity contribution >= 4 is 29.3 Å². The largest absolute Gasteiger partial charge is 0.467 e. The molecule has 0 radical (unpaired) electrons. The van der Waals surface area contributed by atoms with Crippen molar-refractivity contribution in [3.8, 4) is 11.8 Å². The van der Waals surface area contributed by atoms with Crippen LogP contribution in [0.1, 0.15) is 5.69 Å². The summed E-state index contributed by atoms with van der Waals surface area (Å²) in [5, 5.41) is 2.89. The molecule has 2 N–H and O–H groups in total. The van der Waals surface area contributed by atoms with E-state index in [2.05, 4.69) is 24.4 Å². The van der Waals surface area contributed by atoms with Gasteiger partial charge in [0, 0.05) is 0 Å². The Morgan fingerprint density at radius 1 is 0.879 bits per heavy atom. The van der Waals surface area contributed by atoms with Gasteiger partial charge in [-0.3, -0.25) is 5.32 Å². The van der Waals surface area contributed by atoms with Crippen LogP contribution in [-0.2, 0) is 6.18 Å². The summed E-state index contributed by atoms with van der Waals surface area (Å²) in [5.74, 6) is -3.02. The Balaban J connectivity index is 2.21. The Hall–Kier alpha value is -3.24. The fourth-order valence-electron chi connectivity index (χ4n) is 1.85. The Labute approximate surface area is 182 Å². The standard InChI is InChI=1S/C15H9ClF9N5O3/c16-8-9(32-4-13(17,18)19)28-11(29-10(8)33-5-14(20,21)22)30-12(31)27-6-1-2-7(26-3-6)15(23,24)25/h1-3H,4-5H2,(H2,27,28,29,30,31). The van der Waals surface area contributed by atoms with Crippen molar-refractivity contribution in [2.75, 3.05) is 23.8 Å². The number of amides is 2. The maximum Gasteiger partial charge on any atom is 0.433 e. The molecule has 2 aromatic heterocycles. The molecule has 0 aliphatic heterocycles. The topological polar surface area (TPSA) is 98.3 Å². The Morgan fingerprint density at radius 2 is 1.39 bits per heavy atom. The predicted octanol–water partition coefficient (Wildman–Crippen LogP) is 5.07. The van der Waals surface area contributed by atoms with E-state index in [9.17, 15) is 44.3 Å². The molecular formula is C15H9ClF9N5O3. The van der Waals surface area contributed by atoms with Gasteiger partial charge < -0.3 is 14.8 Å². The molecule has 0 aliphatic carbocycles. The minimum Gasteiger partial charge on any atom is -0.467 e. The number of urea groups is 1. The SMILES string of the molecule is O=C(Nc1ccc(C(F)(F)F)nc1)Nc1nc(OCC(F)(F)F)c(Cl)c(OCC(F)(F)F)n1. The van der Waals surface area contributed by atoms with E-state index in [0.29, 0.717) is 12.3 Å². The fourth-order valence-corrected chi connectivity index (χ4v) is 2.05. The molecule has 0 fully saturated rings. The van der Waals surface area contributed by atoms with Crippen LogP contribution in [0.5, 0.6) is 11.8 Å². The summed E-state index contributed by atoms with van der Waals surface area (Å²) in [4.78, 5) is 21.7. The van der Waals surface area contributed by atoms with Crippen molar-refractivity contribution in [3.63, 3.8) is 0 Å². The van der Waals surface area contributed by atoms with Crippen LogP contribution >= 0.6 is 11.6 Å². The first-order chi connectivity index (χ1) is 15.0. The highest BCUT2D eigenvalue weighted by molar-refractivity contribution is 6.33. The Kier molecular flexibility index (Phi) is 7.66. The molecule has 0 saturated heterocycles. The predicted molar refractivity (Wildman–Crippen MR) is 92.0 cm³/mol. The van der Waals surface area contributed by atoms with E-state index >= 15 is 0 Å². The van der Waals surface area contributed by atoms with E-state index in [1.165, 1.54) is 0 Å². The first-order valence-corrected chi connectivity index (χ1v) is 8.49. The smallest absolute Gasteiger partial charge is 0.433 e. The summed E-state index contributed by atoms with van der Waals surface area (Å²) in [6.45, 7) is -3.88. The number of hydrogen-bond acceptors (Lipinski definition) is 6. The highest BCUT2D eigenvalue weighted by Gasteiger charge is 2.33. The van der Waals surface area contributed by atoms with E-state index in [0.717, 1.165) is 6.07 Å². The molecular weight excluding hydrogens is 505 g/mol. The van der Waals surface area contributed by atoms with Crippen molar-refractivity contribution in [1.82, 2.24) is 15.0 Å². The number of carbonyl (C=O) groups is 1. The summed E-state index contributed by atoms with van der Waals surface area (Å²) >= 11 is 5.62. The first kappa shape index (κ1) is 26.0. The van der Waals surface area contributed by atoms with Gasteiger partial charge in [-0.15, -0.1) is 0 Å². The van der Waals surface area contributed by atoms with Crippen LogP contribution < -0.4 is 20.1 Å². The van der Waals surface area contributed by atoms with Crippen LogP contribution in [0.4, 0.5) is 55.9 Å². The van der Waals surface area contributed by atoms with Crippen LogP contribution in [0.15, 0.2) is 18.3 Å². The fraction of sp³-hybridized carbons (Fsp3) is 0.333. The van der Waals surface area contributed by atoms with Crippen LogP contribution in [0.3, 0.4) is 0 Å². The average Bonchev–Trinajstić information content (AvgIpc) is 2.65. The zero-order valence-corrected chi connectivity index (χ0v) is 16.2. The molecule has 0 bridgehead atoms. The maximum atomic E-state index is 12.5. The molecule has 2 heterocycles. The minimum absolute atomic E-state index is 0.253. The third kappa shape index (κ3) is 8.66. The van der Waals surface area contributed by atoms with Crippen molar-refractivity contribution in [2.24, 2.45) is 0 Å². The van der Waals surface area contributed by atoms with Gasteiger partial charge in [0.25, 0.3) is 0 Å². The molecule has 33 heavy (non-hydrogen) atoms. The van der Waals surface area contributed by atoms with Gasteiger partial charge in [0.1, 0.15) is 5.69 Å². The summed E-state index contributed by atoms with van der Waals surface area (Å²) in [5.41, 5.74) is -1.51. The molecule has 2 amide bonds. The van der Waals surface area contributed by atoms with Gasteiger partial charge in [0.2, 0.25) is 17.7 Å². The van der Waals surface area contributed by atoms with E-state index in [4.69, 9.17) is 11.6 Å². The highest BCUT2D eigenvalue weighted by Crippen LogP contribution is 2.34. The van der Waals surface area contributed by atoms with E-state index < -0.39 is 66.2 Å². The van der Waals surface area contributed by atoms with Gasteiger partial charge >= 0.3 is 24.6 Å². The summed E-state index contributed by atoms with van der Waals surface area (Å²) < 4.78 is 120. The summed E-state index contributed by atoms with van der Waals surface area (Å²) in [6.07, 6.45) is -13.8. The quantitative estimate of drug-likeness (QED) is 0.524. The molecule has 0 unspecified atom stereocenters. The average molecular weight is 514 g/mol. The number of carbonyl (C=O) groups excluding carboxylic acids is 1. The normalized spacial score (nSPS) is 12.3. The molecule has 0 aliphatic rings. The van der Waals surface area contributed by atoms with Gasteiger partial charge in [-0.2, -0.15) is 49.5 Å². The summed E-state index contributed by atoms with van der Waals surface area (Å²) in [6, 6.07) is 0.122. The van der Waals surface area contributed by atoms with E-state index in [1.807, 2.05) is 10.6 Å². The minimum atomic E-state index is -4.87. The second-order valence-corrected chi connectivity index (χ2v) is 6.17. The molecule has 0 aromatic carbocycles. The number of nitrogens with one attached hydrogen (secondary N) is 2. The number of pyridine rings is 1. The lowest BCUT2D eigenvalue weighted by Crippen LogP contribution is -2.24. The van der Waals surface area contributed by atoms with E-state index in [-0.39, 0.29) is 5.69 Å². The third-order valence-corrected chi connectivity index (χ3v) is 3.40. The number of halogens is 10. The second kappa shape index (κ2) is 9.72. The van der Waals surface area contributed by atoms with Crippen molar-refractivity contribution < 1.29 is 53.8 Å². The first-order valence-electron chi connectivity index (χ1n) is 8.11. The molecule has 8 nitrogen and oxygen atoms in total. The lowest BCUT2D eigenvalue weighted by molar-refractivity contribution is -0.154. The van der Waals surface area contributed by atoms with Gasteiger partial charge in [-0.05, 0) is 12.1 Å². The van der Waals surface area contributed by atoms with Crippen molar-refractivity contribution in [2.45, 2.75) is 18.5 Å². The van der Waals surface area contributed by atoms with Crippen LogP contribution in [0.2, 0.25) is 5.02 Å². The maximum absolute atomic E-state index is 12.5. The number of anilines is 2. The molecule has 2 aromatic rings. The Morgan fingerprint density at radius 3 is 1.79 bits per heavy atom. The van der Waals surface area contributed by atoms with Gasteiger partial charge in [-0.1, -0.05) is 11.6 Å². The highest BCUT2D eigenvalue weighted by atomic mass is 35.5. The van der Waals surface area contributed by atoms with Gasteiger partial charge in [0.15, 0.2) is 18.2 Å². The zero-order valence-electron chi connectivity index (χ0n) is 15.5. The van der Waals surface area contributed by atoms with Crippen LogP contribution in [0.25, 0.3) is 0 Å². The van der Waals surface area contributed by atoms with Crippen molar-refractivity contribution in [3.05, 3.63) is 29.0 Å². The Bertz CT molecular complexity index is 942. The zero-order chi connectivity index (χ0) is 25.0. The molecule has 0 saturated carbocycles. The molecule has 2 rings (SSSR count). The number of hydrogen-bond donors (Lipinski definition) is 2. The third-order valence-electron chi connectivity index (χ3n) is 3.07. The van der Waals surface area contributed by atoms with Crippen LogP contribution in [0, 0.1) is 0 Å². The van der Waals surface area contributed by atoms with Crippen LogP contribution in [-0.4, -0.2) is 46.5 Å². The number of ether oxygens (including phenoxy) is 2. The van der Waals surface area contributed by atoms with Gasteiger partial charge in [0.05, 0.1) is 11.9 Å². The summed E-state index contributed by atoms with van der Waals surface area (Å²) in [7, 11) is 0. The van der Waals surface area contributed by atoms with Crippen molar-refractivity contribution in [1.29, 1.82) is 0 Å². The number of nitrogens with zero attached hydrogens (tertiary/aromatic N) is 3. The molecule has 0 spiro atoms. The van der Waals surface area contributed by atoms with Gasteiger partial charge in [-0.25, -0.2) is 9.78 Å². The molecule has 18 heteroatoms. The molecule has 182 valence electrons.